The Bertz CT molecular complexity index is 796. The zero-order valence-corrected chi connectivity index (χ0v) is 15.0. The van der Waals surface area contributed by atoms with Crippen molar-refractivity contribution in [3.63, 3.8) is 0 Å². The fourth-order valence-electron chi connectivity index (χ4n) is 2.52. The van der Waals surface area contributed by atoms with Gasteiger partial charge in [-0.05, 0) is 61.1 Å². The van der Waals surface area contributed by atoms with E-state index in [1.165, 1.54) is 31.2 Å². The average Bonchev–Trinajstić information content (AvgIpc) is 2.79. The van der Waals surface area contributed by atoms with Crippen molar-refractivity contribution in [1.82, 2.24) is 0 Å². The molecule has 0 spiro atoms. The van der Waals surface area contributed by atoms with Gasteiger partial charge < -0.3 is 9.84 Å². The van der Waals surface area contributed by atoms with Crippen molar-refractivity contribution in [3.8, 4) is 0 Å². The number of thiocarbonyl (C=S) groups is 1. The van der Waals surface area contributed by atoms with Crippen LogP contribution < -0.4 is 4.90 Å². The summed E-state index contributed by atoms with van der Waals surface area (Å²) in [6.45, 7) is 1.48. The van der Waals surface area contributed by atoms with Gasteiger partial charge in [0.2, 0.25) is 5.60 Å². The Hall–Kier alpha value is -1.83. The number of rotatable bonds is 3. The zero-order chi connectivity index (χ0) is 17.5. The third-order valence-electron chi connectivity index (χ3n) is 3.90. The lowest BCUT2D eigenvalue weighted by Crippen LogP contribution is -2.43. The number of nitrogens with zero attached hydrogens (tertiary/aromatic N) is 1. The molecule has 7 heteroatoms. The Morgan fingerprint density at radius 2 is 1.79 bits per heavy atom. The fourth-order valence-corrected chi connectivity index (χ4v) is 3.15. The summed E-state index contributed by atoms with van der Waals surface area (Å²) in [5, 5.41) is 10.6. The number of aliphatic hydroxyl groups is 1. The van der Waals surface area contributed by atoms with Gasteiger partial charge >= 0.3 is 0 Å². The maximum Gasteiger partial charge on any atom is 0.281 e. The summed E-state index contributed by atoms with van der Waals surface area (Å²) in [5.74, 6) is -0.926. The van der Waals surface area contributed by atoms with Gasteiger partial charge in [0.25, 0.3) is 11.1 Å². The van der Waals surface area contributed by atoms with Crippen molar-refractivity contribution in [3.05, 3.63) is 64.4 Å². The first-order valence-electron chi connectivity index (χ1n) is 7.09. The fraction of sp³-hybridized carbons (Fsp3) is 0.176. The number of ether oxygens (including phenoxy) is 1. The molecular formula is C17H13BrFNO3S. The van der Waals surface area contributed by atoms with Gasteiger partial charge in [-0.3, -0.25) is 4.79 Å². The molecule has 1 aliphatic heterocycles. The normalized spacial score (nSPS) is 21.8. The predicted octanol–water partition coefficient (Wildman–Crippen LogP) is 3.73. The summed E-state index contributed by atoms with van der Waals surface area (Å²) >= 11 is 8.46. The number of amides is 1. The number of benzene rings is 2. The highest BCUT2D eigenvalue weighted by molar-refractivity contribution is 9.10. The van der Waals surface area contributed by atoms with E-state index in [9.17, 15) is 14.3 Å². The van der Waals surface area contributed by atoms with Gasteiger partial charge in [0, 0.05) is 4.47 Å². The maximum absolute atomic E-state index is 13.1. The quantitative estimate of drug-likeness (QED) is 0.784. The van der Waals surface area contributed by atoms with E-state index < -0.39 is 23.4 Å². The van der Waals surface area contributed by atoms with E-state index in [0.29, 0.717) is 11.3 Å². The van der Waals surface area contributed by atoms with Crippen LogP contribution in [0.25, 0.3) is 0 Å². The first kappa shape index (κ1) is 17.0. The van der Waals surface area contributed by atoms with Gasteiger partial charge in [-0.15, -0.1) is 0 Å². The number of carbonyl (C=O) groups excluding carboxylic acids is 1. The average molecular weight is 410 g/mol. The Morgan fingerprint density at radius 3 is 2.38 bits per heavy atom. The van der Waals surface area contributed by atoms with Crippen LogP contribution in [0.1, 0.15) is 18.6 Å². The molecule has 0 bridgehead atoms. The van der Waals surface area contributed by atoms with Gasteiger partial charge in [-0.2, -0.15) is 0 Å². The standard InChI is InChI=1S/C17H13BrFNO3S/c1-17(14(21)10-2-4-11(18)5-3-10)15(22)20(16(24)23-17)13-8-6-12(19)7-9-13/h2-9,14,21H,1H3. The van der Waals surface area contributed by atoms with Crippen molar-refractivity contribution in [2.45, 2.75) is 18.6 Å². The molecule has 0 radical (unpaired) electrons. The molecule has 1 amide bonds. The lowest BCUT2D eigenvalue weighted by atomic mass is 9.92. The molecule has 2 aromatic rings. The first-order valence-corrected chi connectivity index (χ1v) is 8.29. The minimum atomic E-state index is -1.56. The van der Waals surface area contributed by atoms with Crippen LogP contribution in [0.15, 0.2) is 53.0 Å². The highest BCUT2D eigenvalue weighted by Gasteiger charge is 2.54. The second-order valence-corrected chi connectivity index (χ2v) is 6.81. The van der Waals surface area contributed by atoms with Gasteiger partial charge in [0.15, 0.2) is 0 Å². The molecule has 0 aromatic heterocycles. The number of carbonyl (C=O) groups is 1. The number of aliphatic hydroxyl groups excluding tert-OH is 1. The molecule has 1 fully saturated rings. The van der Waals surface area contributed by atoms with Crippen molar-refractivity contribution >= 4 is 44.9 Å². The van der Waals surface area contributed by atoms with Crippen molar-refractivity contribution < 1.29 is 19.0 Å². The van der Waals surface area contributed by atoms with E-state index in [4.69, 9.17) is 17.0 Å². The van der Waals surface area contributed by atoms with Crippen molar-refractivity contribution in [1.29, 1.82) is 0 Å². The van der Waals surface area contributed by atoms with E-state index in [1.54, 1.807) is 24.3 Å². The minimum absolute atomic E-state index is 0.0785. The van der Waals surface area contributed by atoms with Crippen LogP contribution in [0.4, 0.5) is 10.1 Å². The van der Waals surface area contributed by atoms with Gasteiger partial charge in [0.05, 0.1) is 5.69 Å². The number of hydrogen-bond donors (Lipinski definition) is 1. The van der Waals surface area contributed by atoms with Crippen LogP contribution in [0.5, 0.6) is 0 Å². The summed E-state index contributed by atoms with van der Waals surface area (Å²) in [4.78, 5) is 14.0. The van der Waals surface area contributed by atoms with Crippen molar-refractivity contribution in [2.75, 3.05) is 4.90 Å². The number of anilines is 1. The second kappa shape index (κ2) is 6.23. The summed E-state index contributed by atoms with van der Waals surface area (Å²) in [5.41, 5.74) is -0.643. The van der Waals surface area contributed by atoms with Crippen LogP contribution in [0, 0.1) is 5.82 Å². The van der Waals surface area contributed by atoms with Crippen LogP contribution in [0.2, 0.25) is 0 Å². The third kappa shape index (κ3) is 2.83. The van der Waals surface area contributed by atoms with E-state index in [1.807, 2.05) is 0 Å². The third-order valence-corrected chi connectivity index (χ3v) is 4.70. The largest absolute Gasteiger partial charge is 0.451 e. The van der Waals surface area contributed by atoms with Crippen LogP contribution in [-0.4, -0.2) is 21.8 Å². The molecule has 1 heterocycles. The zero-order valence-electron chi connectivity index (χ0n) is 12.6. The number of hydrogen-bond acceptors (Lipinski definition) is 4. The predicted molar refractivity (Wildman–Crippen MR) is 95.1 cm³/mol. The van der Waals surface area contributed by atoms with Gasteiger partial charge in [-0.1, -0.05) is 28.1 Å². The topological polar surface area (TPSA) is 49.8 Å². The second-order valence-electron chi connectivity index (χ2n) is 5.55. The Kier molecular flexibility index (Phi) is 4.42. The highest BCUT2D eigenvalue weighted by atomic mass is 79.9. The summed E-state index contributed by atoms with van der Waals surface area (Å²) in [6.07, 6.45) is -1.21. The molecule has 2 unspecified atom stereocenters. The van der Waals surface area contributed by atoms with E-state index >= 15 is 0 Å². The highest BCUT2D eigenvalue weighted by Crippen LogP contribution is 2.38. The molecule has 0 saturated carbocycles. The molecule has 24 heavy (non-hydrogen) atoms. The molecule has 0 aliphatic carbocycles. The molecule has 1 aliphatic rings. The van der Waals surface area contributed by atoms with Gasteiger partial charge in [-0.25, -0.2) is 9.29 Å². The maximum atomic E-state index is 13.1. The molecule has 3 rings (SSSR count). The molecule has 124 valence electrons. The lowest BCUT2D eigenvalue weighted by molar-refractivity contribution is -0.137. The van der Waals surface area contributed by atoms with E-state index in [2.05, 4.69) is 15.9 Å². The molecule has 2 atom stereocenters. The van der Waals surface area contributed by atoms with E-state index in [-0.39, 0.29) is 5.17 Å². The van der Waals surface area contributed by atoms with Crippen LogP contribution in [0.3, 0.4) is 0 Å². The summed E-state index contributed by atoms with van der Waals surface area (Å²) in [6, 6.07) is 12.2. The SMILES string of the molecule is CC1(C(O)c2ccc(Br)cc2)OC(=S)N(c2ccc(F)cc2)C1=O. The molecular weight excluding hydrogens is 397 g/mol. The molecule has 4 nitrogen and oxygen atoms in total. The Morgan fingerprint density at radius 1 is 1.21 bits per heavy atom. The smallest absolute Gasteiger partial charge is 0.281 e. The van der Waals surface area contributed by atoms with E-state index in [0.717, 1.165) is 9.37 Å². The van der Waals surface area contributed by atoms with Crippen LogP contribution >= 0.6 is 28.1 Å². The molecule has 1 saturated heterocycles. The van der Waals surface area contributed by atoms with Crippen LogP contribution in [-0.2, 0) is 9.53 Å². The summed E-state index contributed by atoms with van der Waals surface area (Å²) in [7, 11) is 0. The number of halogens is 2. The molecule has 2 aromatic carbocycles. The molecule has 1 N–H and O–H groups in total. The lowest BCUT2D eigenvalue weighted by Gasteiger charge is -2.26. The monoisotopic (exact) mass is 409 g/mol. The Balaban J connectivity index is 1.94. The first-order chi connectivity index (χ1) is 11.3. The van der Waals surface area contributed by atoms with Crippen molar-refractivity contribution in [2.24, 2.45) is 0 Å². The Labute approximate surface area is 152 Å². The summed E-state index contributed by atoms with van der Waals surface area (Å²) < 4.78 is 19.5. The van der Waals surface area contributed by atoms with Gasteiger partial charge in [0.1, 0.15) is 11.9 Å². The minimum Gasteiger partial charge on any atom is -0.451 e.